The van der Waals surface area contributed by atoms with Gasteiger partial charge in [-0.15, -0.1) is 0 Å². The number of carbonyl (C=O) groups is 1. The van der Waals surface area contributed by atoms with Crippen molar-refractivity contribution in [1.82, 2.24) is 10.2 Å². The van der Waals surface area contributed by atoms with Crippen LogP contribution in [0.25, 0.3) is 0 Å². The number of hydrogen-bond donors (Lipinski definition) is 1. The zero-order valence-electron chi connectivity index (χ0n) is 16.5. The molecule has 150 valence electrons. The zero-order chi connectivity index (χ0) is 19.8. The van der Waals surface area contributed by atoms with Gasteiger partial charge in [0.05, 0.1) is 0 Å². The van der Waals surface area contributed by atoms with E-state index in [0.717, 1.165) is 25.1 Å². The van der Waals surface area contributed by atoms with Crippen molar-refractivity contribution in [3.05, 3.63) is 71.0 Å². The lowest BCUT2D eigenvalue weighted by Gasteiger charge is -2.25. The molecule has 28 heavy (non-hydrogen) atoms. The number of hydrogen-bond acceptors (Lipinski definition) is 3. The number of benzene rings is 2. The molecule has 1 aliphatic heterocycles. The van der Waals surface area contributed by atoms with Gasteiger partial charge in [0.15, 0.2) is 0 Å². The normalized spacial score (nSPS) is 16.7. The summed E-state index contributed by atoms with van der Waals surface area (Å²) < 4.78 is 18.3. The van der Waals surface area contributed by atoms with Gasteiger partial charge >= 0.3 is 0 Å². The summed E-state index contributed by atoms with van der Waals surface area (Å²) in [4.78, 5) is 14.9. The third-order valence-corrected chi connectivity index (χ3v) is 5.28. The van der Waals surface area contributed by atoms with Gasteiger partial charge in [-0.05, 0) is 67.1 Å². The summed E-state index contributed by atoms with van der Waals surface area (Å²) in [6.07, 6.45) is 3.14. The predicted octanol–water partition coefficient (Wildman–Crippen LogP) is 3.97. The van der Waals surface area contributed by atoms with Gasteiger partial charge in [0.25, 0.3) is 5.91 Å². The topological polar surface area (TPSA) is 41.6 Å². The van der Waals surface area contributed by atoms with Crippen molar-refractivity contribution < 1.29 is 13.9 Å². The average Bonchev–Trinajstić information content (AvgIpc) is 2.75. The molecule has 0 radical (unpaired) electrons. The Labute approximate surface area is 166 Å². The molecule has 5 heteroatoms. The van der Waals surface area contributed by atoms with Crippen molar-refractivity contribution >= 4 is 5.91 Å². The summed E-state index contributed by atoms with van der Waals surface area (Å²) in [6, 6.07) is 14.3. The molecular formula is C23H29FN2O2. The summed E-state index contributed by atoms with van der Waals surface area (Å²) in [5.74, 6) is 0.248. The first-order valence-electron chi connectivity index (χ1n) is 10.0. The molecule has 1 aliphatic rings. The second kappa shape index (κ2) is 10.3. The summed E-state index contributed by atoms with van der Waals surface area (Å²) in [5.41, 5.74) is 2.89. The smallest absolute Gasteiger partial charge is 0.254 e. The SMILES string of the molecule is COCCCN(Cc1ccc(F)cc1)C(=O)c1ccc([C@H]2CCCNC2)cc1. The second-order valence-corrected chi connectivity index (χ2v) is 7.36. The van der Waals surface area contributed by atoms with Gasteiger partial charge in [-0.3, -0.25) is 4.79 Å². The highest BCUT2D eigenvalue weighted by Crippen LogP contribution is 2.24. The van der Waals surface area contributed by atoms with Gasteiger partial charge in [-0.25, -0.2) is 4.39 Å². The molecule has 2 aromatic carbocycles. The minimum atomic E-state index is -0.270. The van der Waals surface area contributed by atoms with Crippen molar-refractivity contribution in [2.75, 3.05) is 33.4 Å². The summed E-state index contributed by atoms with van der Waals surface area (Å²) in [6.45, 7) is 3.74. The molecule has 0 unspecified atom stereocenters. The molecule has 1 heterocycles. The van der Waals surface area contributed by atoms with Gasteiger partial charge in [0, 0.05) is 38.9 Å². The molecule has 0 saturated carbocycles. The van der Waals surface area contributed by atoms with E-state index < -0.39 is 0 Å². The number of halogens is 1. The molecular weight excluding hydrogens is 355 g/mol. The highest BCUT2D eigenvalue weighted by atomic mass is 19.1. The predicted molar refractivity (Wildman–Crippen MR) is 109 cm³/mol. The standard InChI is InChI=1S/C23H29FN2O2/c1-28-15-3-14-26(17-18-5-11-22(24)12-6-18)23(27)20-9-7-19(8-10-20)21-4-2-13-25-16-21/h5-12,21,25H,2-4,13-17H2,1H3/t21-/m0/s1. The van der Waals surface area contributed by atoms with E-state index in [-0.39, 0.29) is 11.7 Å². The van der Waals surface area contributed by atoms with Gasteiger partial charge in [-0.2, -0.15) is 0 Å². The lowest BCUT2D eigenvalue weighted by atomic mass is 9.91. The van der Waals surface area contributed by atoms with E-state index in [2.05, 4.69) is 17.4 Å². The molecule has 4 nitrogen and oxygen atoms in total. The van der Waals surface area contributed by atoms with Crippen LogP contribution in [0.3, 0.4) is 0 Å². The van der Waals surface area contributed by atoms with Crippen LogP contribution in [-0.4, -0.2) is 44.2 Å². The number of ether oxygens (including phenoxy) is 1. The molecule has 0 aliphatic carbocycles. The number of amides is 1. The minimum absolute atomic E-state index is 0.00579. The Morgan fingerprint density at radius 3 is 2.57 bits per heavy atom. The first-order chi connectivity index (χ1) is 13.7. The van der Waals surface area contributed by atoms with Gasteiger partial charge in [-0.1, -0.05) is 24.3 Å². The van der Waals surface area contributed by atoms with E-state index in [4.69, 9.17) is 4.74 Å². The van der Waals surface area contributed by atoms with E-state index in [1.54, 1.807) is 19.2 Å². The van der Waals surface area contributed by atoms with Crippen molar-refractivity contribution in [2.45, 2.75) is 31.7 Å². The Hall–Kier alpha value is -2.24. The molecule has 1 saturated heterocycles. The van der Waals surface area contributed by atoms with E-state index in [1.807, 2.05) is 17.0 Å². The third kappa shape index (κ3) is 5.63. The summed E-state index contributed by atoms with van der Waals surface area (Å²) in [5, 5.41) is 3.44. The maximum Gasteiger partial charge on any atom is 0.254 e. The van der Waals surface area contributed by atoms with E-state index in [0.29, 0.717) is 31.2 Å². The van der Waals surface area contributed by atoms with Crippen LogP contribution in [0.5, 0.6) is 0 Å². The highest BCUT2D eigenvalue weighted by Gasteiger charge is 2.18. The van der Waals surface area contributed by atoms with Crippen LogP contribution in [0.15, 0.2) is 48.5 Å². The first-order valence-corrected chi connectivity index (χ1v) is 10.0. The number of carbonyl (C=O) groups excluding carboxylic acids is 1. The maximum atomic E-state index is 13.2. The fourth-order valence-corrected chi connectivity index (χ4v) is 3.68. The molecule has 1 atom stereocenters. The lowest BCUT2D eigenvalue weighted by molar-refractivity contribution is 0.0723. The maximum absolute atomic E-state index is 13.2. The van der Waals surface area contributed by atoms with Gasteiger partial charge in [0.2, 0.25) is 0 Å². The zero-order valence-corrected chi connectivity index (χ0v) is 16.5. The minimum Gasteiger partial charge on any atom is -0.385 e. The van der Waals surface area contributed by atoms with Gasteiger partial charge in [0.1, 0.15) is 5.82 Å². The monoisotopic (exact) mass is 384 g/mol. The third-order valence-electron chi connectivity index (χ3n) is 5.28. The average molecular weight is 384 g/mol. The van der Waals surface area contributed by atoms with E-state index in [1.165, 1.54) is 30.5 Å². The molecule has 2 aromatic rings. The molecule has 1 fully saturated rings. The Kier molecular flexibility index (Phi) is 7.57. The van der Waals surface area contributed by atoms with Crippen molar-refractivity contribution in [2.24, 2.45) is 0 Å². The van der Waals surface area contributed by atoms with Crippen molar-refractivity contribution in [3.63, 3.8) is 0 Å². The van der Waals surface area contributed by atoms with E-state index in [9.17, 15) is 9.18 Å². The van der Waals surface area contributed by atoms with Crippen LogP contribution in [-0.2, 0) is 11.3 Å². The van der Waals surface area contributed by atoms with Crippen LogP contribution >= 0.6 is 0 Å². The number of methoxy groups -OCH3 is 1. The Balaban J connectivity index is 1.70. The molecule has 1 amide bonds. The lowest BCUT2D eigenvalue weighted by Crippen LogP contribution is -2.32. The number of piperidine rings is 1. The Morgan fingerprint density at radius 2 is 1.93 bits per heavy atom. The molecule has 0 aromatic heterocycles. The largest absolute Gasteiger partial charge is 0.385 e. The summed E-state index contributed by atoms with van der Waals surface area (Å²) in [7, 11) is 1.66. The molecule has 0 bridgehead atoms. The number of nitrogens with zero attached hydrogens (tertiary/aromatic N) is 1. The fourth-order valence-electron chi connectivity index (χ4n) is 3.68. The van der Waals surface area contributed by atoms with Crippen molar-refractivity contribution in [3.8, 4) is 0 Å². The van der Waals surface area contributed by atoms with Crippen LogP contribution in [0, 0.1) is 5.82 Å². The Morgan fingerprint density at radius 1 is 1.18 bits per heavy atom. The van der Waals surface area contributed by atoms with Crippen LogP contribution in [0.4, 0.5) is 4.39 Å². The fraction of sp³-hybridized carbons (Fsp3) is 0.435. The van der Waals surface area contributed by atoms with Crippen LogP contribution in [0.1, 0.15) is 46.7 Å². The van der Waals surface area contributed by atoms with Crippen molar-refractivity contribution in [1.29, 1.82) is 0 Å². The Bertz CT molecular complexity index is 740. The second-order valence-electron chi connectivity index (χ2n) is 7.36. The highest BCUT2D eigenvalue weighted by molar-refractivity contribution is 5.94. The molecule has 0 spiro atoms. The molecule has 3 rings (SSSR count). The number of nitrogens with one attached hydrogen (secondary N) is 1. The van der Waals surface area contributed by atoms with Crippen LogP contribution in [0.2, 0.25) is 0 Å². The summed E-state index contributed by atoms with van der Waals surface area (Å²) >= 11 is 0. The van der Waals surface area contributed by atoms with E-state index >= 15 is 0 Å². The first kappa shape index (κ1) is 20.5. The quantitative estimate of drug-likeness (QED) is 0.700. The van der Waals surface area contributed by atoms with Crippen LogP contribution < -0.4 is 5.32 Å². The number of rotatable bonds is 8. The molecule has 1 N–H and O–H groups in total. The van der Waals surface area contributed by atoms with Gasteiger partial charge < -0.3 is 15.0 Å².